The molecule has 0 saturated heterocycles. The van der Waals surface area contributed by atoms with Crippen molar-refractivity contribution < 1.29 is 8.42 Å². The van der Waals surface area contributed by atoms with E-state index in [0.29, 0.717) is 11.3 Å². The van der Waals surface area contributed by atoms with Crippen molar-refractivity contribution in [1.29, 1.82) is 0 Å². The highest BCUT2D eigenvalue weighted by Gasteiger charge is 2.19. The van der Waals surface area contributed by atoms with Crippen LogP contribution < -0.4 is 11.5 Å². The van der Waals surface area contributed by atoms with Crippen molar-refractivity contribution in [2.75, 3.05) is 5.75 Å². The lowest BCUT2D eigenvalue weighted by molar-refractivity contribution is 0.584. The number of hydrogen-bond donors (Lipinski definition) is 2. The molecule has 0 aromatic heterocycles. The molecule has 0 amide bonds. The van der Waals surface area contributed by atoms with Crippen molar-refractivity contribution in [1.82, 2.24) is 0 Å². The van der Waals surface area contributed by atoms with Gasteiger partial charge in [-0.2, -0.15) is 0 Å². The average molecular weight is 255 g/mol. The van der Waals surface area contributed by atoms with Gasteiger partial charge in [0.25, 0.3) is 0 Å². The molecule has 1 aromatic carbocycles. The molecule has 0 aliphatic carbocycles. The minimum absolute atomic E-state index is 0.0780. The van der Waals surface area contributed by atoms with E-state index in [-0.39, 0.29) is 11.7 Å². The zero-order valence-electron chi connectivity index (χ0n) is 9.70. The van der Waals surface area contributed by atoms with Gasteiger partial charge >= 0.3 is 0 Å². The predicted molar refractivity (Wildman–Crippen MR) is 68.4 cm³/mol. The van der Waals surface area contributed by atoms with Crippen molar-refractivity contribution in [2.45, 2.75) is 24.3 Å². The van der Waals surface area contributed by atoms with E-state index in [1.807, 2.05) is 6.92 Å². The SMILES string of the molecule is CCC(CS(=O)(=O)c1ccccc1)N=C(N)N. The van der Waals surface area contributed by atoms with Gasteiger partial charge in [-0.05, 0) is 18.6 Å². The molecule has 4 N–H and O–H groups in total. The Bertz CT molecular complexity index is 479. The molecule has 0 bridgehead atoms. The largest absolute Gasteiger partial charge is 0.370 e. The van der Waals surface area contributed by atoms with Crippen molar-refractivity contribution in [3.05, 3.63) is 30.3 Å². The van der Waals surface area contributed by atoms with Crippen LogP contribution in [0.4, 0.5) is 0 Å². The van der Waals surface area contributed by atoms with Gasteiger partial charge in [0.2, 0.25) is 0 Å². The lowest BCUT2D eigenvalue weighted by Crippen LogP contribution is -2.28. The van der Waals surface area contributed by atoms with Crippen molar-refractivity contribution in [2.24, 2.45) is 16.5 Å². The molecule has 1 rings (SSSR count). The Morgan fingerprint density at radius 2 is 1.88 bits per heavy atom. The maximum atomic E-state index is 12.0. The second-order valence-electron chi connectivity index (χ2n) is 3.71. The standard InChI is InChI=1S/C11H17N3O2S/c1-2-9(14-11(12)13)8-17(15,16)10-6-4-3-5-7-10/h3-7,9H,2,8H2,1H3,(H4,12,13,14). The van der Waals surface area contributed by atoms with Crippen molar-refractivity contribution >= 4 is 15.8 Å². The first-order valence-corrected chi connectivity index (χ1v) is 6.97. The molecule has 0 aliphatic rings. The van der Waals surface area contributed by atoms with Gasteiger partial charge in [-0.1, -0.05) is 25.1 Å². The van der Waals surface area contributed by atoms with Crippen LogP contribution in [0.5, 0.6) is 0 Å². The zero-order chi connectivity index (χ0) is 12.9. The summed E-state index contributed by atoms with van der Waals surface area (Å²) < 4.78 is 24.1. The van der Waals surface area contributed by atoms with Crippen LogP contribution in [0.25, 0.3) is 0 Å². The second kappa shape index (κ2) is 5.67. The molecule has 0 fully saturated rings. The summed E-state index contributed by atoms with van der Waals surface area (Å²) in [4.78, 5) is 4.19. The summed E-state index contributed by atoms with van der Waals surface area (Å²) in [7, 11) is -3.34. The lowest BCUT2D eigenvalue weighted by Gasteiger charge is -2.11. The smallest absolute Gasteiger partial charge is 0.186 e. The number of aliphatic imine (C=N–C) groups is 1. The second-order valence-corrected chi connectivity index (χ2v) is 5.74. The molecule has 0 saturated carbocycles. The summed E-state index contributed by atoms with van der Waals surface area (Å²) in [5, 5.41) is 0. The molecule has 0 radical (unpaired) electrons. The molecule has 1 aromatic rings. The Balaban J connectivity index is 2.90. The maximum Gasteiger partial charge on any atom is 0.186 e. The van der Waals surface area contributed by atoms with E-state index in [1.54, 1.807) is 30.3 Å². The Labute approximate surface area is 101 Å². The van der Waals surface area contributed by atoms with Crippen molar-refractivity contribution in [3.8, 4) is 0 Å². The van der Waals surface area contributed by atoms with Gasteiger partial charge < -0.3 is 11.5 Å². The number of nitrogens with zero attached hydrogens (tertiary/aromatic N) is 1. The molecular formula is C11H17N3O2S. The van der Waals surface area contributed by atoms with Gasteiger partial charge in [0.1, 0.15) is 0 Å². The van der Waals surface area contributed by atoms with Crippen LogP contribution in [-0.4, -0.2) is 26.2 Å². The molecule has 1 unspecified atom stereocenters. The van der Waals surface area contributed by atoms with Crippen LogP contribution in [0.2, 0.25) is 0 Å². The van der Waals surface area contributed by atoms with E-state index in [1.165, 1.54) is 0 Å². The lowest BCUT2D eigenvalue weighted by atomic mass is 10.3. The van der Waals surface area contributed by atoms with E-state index in [0.717, 1.165) is 0 Å². The topological polar surface area (TPSA) is 98.5 Å². The van der Waals surface area contributed by atoms with E-state index < -0.39 is 15.9 Å². The fourth-order valence-electron chi connectivity index (χ4n) is 1.43. The molecule has 17 heavy (non-hydrogen) atoms. The molecule has 0 aliphatic heterocycles. The van der Waals surface area contributed by atoms with E-state index in [9.17, 15) is 8.42 Å². The van der Waals surface area contributed by atoms with E-state index >= 15 is 0 Å². The monoisotopic (exact) mass is 255 g/mol. The van der Waals surface area contributed by atoms with Gasteiger partial charge in [-0.25, -0.2) is 13.4 Å². The predicted octanol–water partition coefficient (Wildman–Crippen LogP) is 0.512. The van der Waals surface area contributed by atoms with Crippen LogP contribution in [0.1, 0.15) is 13.3 Å². The van der Waals surface area contributed by atoms with E-state index in [4.69, 9.17) is 11.5 Å². The van der Waals surface area contributed by atoms with Crippen LogP contribution >= 0.6 is 0 Å². The Kier molecular flexibility index (Phi) is 4.51. The first-order valence-electron chi connectivity index (χ1n) is 5.32. The number of benzene rings is 1. The van der Waals surface area contributed by atoms with Crippen LogP contribution in [0.15, 0.2) is 40.2 Å². The minimum Gasteiger partial charge on any atom is -0.370 e. The molecule has 5 nitrogen and oxygen atoms in total. The summed E-state index contributed by atoms with van der Waals surface area (Å²) >= 11 is 0. The number of rotatable bonds is 5. The summed E-state index contributed by atoms with van der Waals surface area (Å²) in [5.41, 5.74) is 10.5. The van der Waals surface area contributed by atoms with Crippen LogP contribution in [0, 0.1) is 0 Å². The van der Waals surface area contributed by atoms with E-state index in [2.05, 4.69) is 4.99 Å². The fraction of sp³-hybridized carbons (Fsp3) is 0.364. The molecule has 0 heterocycles. The third kappa shape index (κ3) is 4.07. The normalized spacial score (nSPS) is 13.0. The number of hydrogen-bond acceptors (Lipinski definition) is 3. The van der Waals surface area contributed by atoms with Gasteiger partial charge in [-0.15, -0.1) is 0 Å². The Hall–Kier alpha value is -1.56. The van der Waals surface area contributed by atoms with Gasteiger partial charge in [0.15, 0.2) is 15.8 Å². The fourth-order valence-corrected chi connectivity index (χ4v) is 3.02. The summed E-state index contributed by atoms with van der Waals surface area (Å²) in [6.07, 6.45) is 0.573. The van der Waals surface area contributed by atoms with Gasteiger partial charge in [0.05, 0.1) is 16.7 Å². The van der Waals surface area contributed by atoms with Crippen LogP contribution in [0.3, 0.4) is 0 Å². The quantitative estimate of drug-likeness (QED) is 0.591. The highest BCUT2D eigenvalue weighted by Crippen LogP contribution is 2.13. The molecule has 1 atom stereocenters. The molecule has 94 valence electrons. The van der Waals surface area contributed by atoms with Gasteiger partial charge in [0, 0.05) is 0 Å². The summed E-state index contributed by atoms with van der Waals surface area (Å²) in [5.74, 6) is -0.161. The molecule has 6 heteroatoms. The first kappa shape index (κ1) is 13.5. The summed E-state index contributed by atoms with van der Waals surface area (Å²) in [6, 6.07) is 7.88. The minimum atomic E-state index is -3.34. The highest BCUT2D eigenvalue weighted by atomic mass is 32.2. The highest BCUT2D eigenvalue weighted by molar-refractivity contribution is 7.91. The summed E-state index contributed by atoms with van der Waals surface area (Å²) in [6.45, 7) is 1.84. The van der Waals surface area contributed by atoms with Crippen LogP contribution in [-0.2, 0) is 9.84 Å². The third-order valence-corrected chi connectivity index (χ3v) is 4.13. The number of guanidine groups is 1. The van der Waals surface area contributed by atoms with Crippen molar-refractivity contribution in [3.63, 3.8) is 0 Å². The maximum absolute atomic E-state index is 12.0. The first-order chi connectivity index (χ1) is 7.95. The third-order valence-electron chi connectivity index (χ3n) is 2.32. The number of nitrogens with two attached hydrogens (primary N) is 2. The van der Waals surface area contributed by atoms with Gasteiger partial charge in [-0.3, -0.25) is 0 Å². The Morgan fingerprint density at radius 1 is 1.29 bits per heavy atom. The number of sulfone groups is 1. The Morgan fingerprint density at radius 3 is 2.35 bits per heavy atom. The zero-order valence-corrected chi connectivity index (χ0v) is 10.5. The molecular weight excluding hydrogens is 238 g/mol. The average Bonchev–Trinajstić information content (AvgIpc) is 2.28. The molecule has 0 spiro atoms.